The summed E-state index contributed by atoms with van der Waals surface area (Å²) in [5.41, 5.74) is 0.346. The van der Waals surface area contributed by atoms with Crippen molar-refractivity contribution in [3.05, 3.63) is 17.8 Å². The van der Waals surface area contributed by atoms with Gasteiger partial charge in [-0.1, -0.05) is 20.3 Å². The molecule has 1 amide bonds. The number of hydrogen-bond acceptors (Lipinski definition) is 4. The molecule has 0 bridgehead atoms. The first-order valence-corrected chi connectivity index (χ1v) is 5.90. The van der Waals surface area contributed by atoms with Gasteiger partial charge in [0, 0.05) is 13.1 Å². The van der Waals surface area contributed by atoms with Gasteiger partial charge in [-0.15, -0.1) is 10.2 Å². The van der Waals surface area contributed by atoms with Crippen LogP contribution < -0.4 is 10.6 Å². The molecule has 0 saturated heterocycles. The van der Waals surface area contributed by atoms with Crippen molar-refractivity contribution >= 4 is 11.7 Å². The van der Waals surface area contributed by atoms with Gasteiger partial charge in [-0.2, -0.15) is 0 Å². The fourth-order valence-electron chi connectivity index (χ4n) is 1.36. The van der Waals surface area contributed by atoms with Gasteiger partial charge in [0.2, 0.25) is 0 Å². The summed E-state index contributed by atoms with van der Waals surface area (Å²) >= 11 is 0. The molecular formula is C12H20N4O. The average molecular weight is 236 g/mol. The van der Waals surface area contributed by atoms with Crippen LogP contribution in [0.5, 0.6) is 0 Å². The fourth-order valence-corrected chi connectivity index (χ4v) is 1.36. The second kappa shape index (κ2) is 6.18. The highest BCUT2D eigenvalue weighted by Crippen LogP contribution is 2.08. The standard InChI is InChI=1S/C12H20N4O/c1-5-8(2)9(3)14-12(17)10-6-7-11(13-4)16-15-10/h6-9H,5H2,1-4H3,(H,13,16)(H,14,17). The minimum atomic E-state index is -0.173. The van der Waals surface area contributed by atoms with Crippen LogP contribution in [0.1, 0.15) is 37.7 Å². The Bertz CT molecular complexity index is 363. The third-order valence-electron chi connectivity index (χ3n) is 3.01. The van der Waals surface area contributed by atoms with Crippen molar-refractivity contribution in [2.24, 2.45) is 5.92 Å². The summed E-state index contributed by atoms with van der Waals surface area (Å²) in [6, 6.07) is 3.53. The molecule has 0 aliphatic carbocycles. The first-order chi connectivity index (χ1) is 8.08. The van der Waals surface area contributed by atoms with Crippen molar-refractivity contribution in [3.63, 3.8) is 0 Å². The van der Waals surface area contributed by atoms with Crippen molar-refractivity contribution in [2.75, 3.05) is 12.4 Å². The monoisotopic (exact) mass is 236 g/mol. The van der Waals surface area contributed by atoms with E-state index in [4.69, 9.17) is 0 Å². The van der Waals surface area contributed by atoms with Crippen LogP contribution in [-0.4, -0.2) is 29.2 Å². The largest absolute Gasteiger partial charge is 0.372 e. The van der Waals surface area contributed by atoms with Crippen LogP contribution in [0.25, 0.3) is 0 Å². The molecule has 0 radical (unpaired) electrons. The van der Waals surface area contributed by atoms with E-state index in [0.29, 0.717) is 17.4 Å². The summed E-state index contributed by atoms with van der Waals surface area (Å²) in [6.07, 6.45) is 1.03. The van der Waals surface area contributed by atoms with E-state index in [1.54, 1.807) is 19.2 Å². The van der Waals surface area contributed by atoms with Crippen LogP contribution in [0.15, 0.2) is 12.1 Å². The van der Waals surface area contributed by atoms with Gasteiger partial charge in [0.1, 0.15) is 5.82 Å². The van der Waals surface area contributed by atoms with E-state index in [9.17, 15) is 4.79 Å². The summed E-state index contributed by atoms with van der Waals surface area (Å²) < 4.78 is 0. The van der Waals surface area contributed by atoms with Gasteiger partial charge in [0.05, 0.1) is 0 Å². The van der Waals surface area contributed by atoms with E-state index in [-0.39, 0.29) is 11.9 Å². The molecule has 94 valence electrons. The normalized spacial score (nSPS) is 13.9. The average Bonchev–Trinajstić information content (AvgIpc) is 2.37. The molecule has 1 aromatic heterocycles. The van der Waals surface area contributed by atoms with Crippen molar-refractivity contribution in [3.8, 4) is 0 Å². The lowest BCUT2D eigenvalue weighted by Crippen LogP contribution is -2.37. The first-order valence-electron chi connectivity index (χ1n) is 5.90. The van der Waals surface area contributed by atoms with Crippen molar-refractivity contribution in [1.82, 2.24) is 15.5 Å². The number of rotatable bonds is 5. The van der Waals surface area contributed by atoms with Gasteiger partial charge in [-0.3, -0.25) is 4.79 Å². The lowest BCUT2D eigenvalue weighted by atomic mass is 10.0. The van der Waals surface area contributed by atoms with E-state index < -0.39 is 0 Å². The molecule has 2 unspecified atom stereocenters. The second-order valence-electron chi connectivity index (χ2n) is 4.20. The van der Waals surface area contributed by atoms with E-state index in [2.05, 4.69) is 34.7 Å². The summed E-state index contributed by atoms with van der Waals surface area (Å²) in [6.45, 7) is 6.22. The SMILES string of the molecule is CCC(C)C(C)NC(=O)c1ccc(NC)nn1. The molecule has 1 aromatic rings. The van der Waals surface area contributed by atoms with E-state index in [0.717, 1.165) is 6.42 Å². The predicted octanol–water partition coefficient (Wildman–Crippen LogP) is 1.68. The molecule has 0 saturated carbocycles. The van der Waals surface area contributed by atoms with Crippen LogP contribution in [-0.2, 0) is 0 Å². The van der Waals surface area contributed by atoms with E-state index in [1.807, 2.05) is 6.92 Å². The third-order valence-corrected chi connectivity index (χ3v) is 3.01. The Morgan fingerprint density at radius 3 is 2.53 bits per heavy atom. The zero-order valence-corrected chi connectivity index (χ0v) is 10.8. The molecule has 0 spiro atoms. The first kappa shape index (κ1) is 13.4. The molecule has 2 atom stereocenters. The topological polar surface area (TPSA) is 66.9 Å². The quantitative estimate of drug-likeness (QED) is 0.816. The molecule has 5 heteroatoms. The smallest absolute Gasteiger partial charge is 0.272 e. The summed E-state index contributed by atoms with van der Waals surface area (Å²) in [7, 11) is 1.76. The Hall–Kier alpha value is -1.65. The molecule has 0 fully saturated rings. The zero-order valence-electron chi connectivity index (χ0n) is 10.8. The van der Waals surface area contributed by atoms with Crippen molar-refractivity contribution in [2.45, 2.75) is 33.2 Å². The number of anilines is 1. The predicted molar refractivity (Wildman–Crippen MR) is 68.0 cm³/mol. The Kier molecular flexibility index (Phi) is 4.87. The van der Waals surface area contributed by atoms with E-state index in [1.165, 1.54) is 0 Å². The number of nitrogens with one attached hydrogen (secondary N) is 2. The number of aromatic nitrogens is 2. The Labute approximate surface area is 102 Å². The Balaban J connectivity index is 2.63. The second-order valence-corrected chi connectivity index (χ2v) is 4.20. The molecule has 0 aliphatic heterocycles. The Morgan fingerprint density at radius 1 is 1.35 bits per heavy atom. The molecule has 5 nitrogen and oxygen atoms in total. The van der Waals surface area contributed by atoms with Gasteiger partial charge in [0.15, 0.2) is 5.69 Å². The maximum atomic E-state index is 11.8. The van der Waals surface area contributed by atoms with Gasteiger partial charge < -0.3 is 10.6 Å². The van der Waals surface area contributed by atoms with Crippen molar-refractivity contribution in [1.29, 1.82) is 0 Å². The lowest BCUT2D eigenvalue weighted by molar-refractivity contribution is 0.0922. The Morgan fingerprint density at radius 2 is 2.06 bits per heavy atom. The van der Waals surface area contributed by atoms with Crippen LogP contribution in [0.2, 0.25) is 0 Å². The highest BCUT2D eigenvalue weighted by molar-refractivity contribution is 5.92. The van der Waals surface area contributed by atoms with Gasteiger partial charge in [-0.05, 0) is 25.0 Å². The minimum absolute atomic E-state index is 0.137. The molecule has 1 heterocycles. The number of carbonyl (C=O) groups is 1. The number of carbonyl (C=O) groups excluding carboxylic acids is 1. The summed E-state index contributed by atoms with van der Waals surface area (Å²) in [4.78, 5) is 11.8. The molecular weight excluding hydrogens is 216 g/mol. The highest BCUT2D eigenvalue weighted by atomic mass is 16.2. The highest BCUT2D eigenvalue weighted by Gasteiger charge is 2.15. The van der Waals surface area contributed by atoms with Gasteiger partial charge >= 0.3 is 0 Å². The van der Waals surface area contributed by atoms with Crippen LogP contribution in [0, 0.1) is 5.92 Å². The van der Waals surface area contributed by atoms with Crippen LogP contribution in [0.4, 0.5) is 5.82 Å². The maximum absolute atomic E-state index is 11.8. The fraction of sp³-hybridized carbons (Fsp3) is 0.583. The van der Waals surface area contributed by atoms with Gasteiger partial charge in [-0.25, -0.2) is 0 Å². The lowest BCUT2D eigenvalue weighted by Gasteiger charge is -2.19. The zero-order chi connectivity index (χ0) is 12.8. The van der Waals surface area contributed by atoms with Crippen LogP contribution >= 0.6 is 0 Å². The third kappa shape index (κ3) is 3.69. The minimum Gasteiger partial charge on any atom is -0.372 e. The molecule has 17 heavy (non-hydrogen) atoms. The van der Waals surface area contributed by atoms with Gasteiger partial charge in [0.25, 0.3) is 5.91 Å². The van der Waals surface area contributed by atoms with E-state index >= 15 is 0 Å². The molecule has 0 aliphatic rings. The summed E-state index contributed by atoms with van der Waals surface area (Å²) in [5, 5.41) is 13.5. The summed E-state index contributed by atoms with van der Waals surface area (Å²) in [5.74, 6) is 0.924. The van der Waals surface area contributed by atoms with Crippen LogP contribution in [0.3, 0.4) is 0 Å². The number of nitrogens with zero attached hydrogens (tertiary/aromatic N) is 2. The molecule has 2 N–H and O–H groups in total. The number of amides is 1. The molecule has 0 aromatic carbocycles. The van der Waals surface area contributed by atoms with Crippen molar-refractivity contribution < 1.29 is 4.79 Å². The molecule has 1 rings (SSSR count). The maximum Gasteiger partial charge on any atom is 0.272 e. The number of hydrogen-bond donors (Lipinski definition) is 2.